The number of rotatable bonds is 5. The highest BCUT2D eigenvalue weighted by molar-refractivity contribution is 6.27. The number of nitrogens with zero attached hydrogens (tertiary/aromatic N) is 2. The molecule has 2 N–H and O–H groups in total. The summed E-state index contributed by atoms with van der Waals surface area (Å²) in [6, 6.07) is 12.9. The van der Waals surface area contributed by atoms with Gasteiger partial charge in [0.15, 0.2) is 0 Å². The topological polar surface area (TPSA) is 90.7 Å². The van der Waals surface area contributed by atoms with Crippen molar-refractivity contribution in [2.24, 2.45) is 0 Å². The van der Waals surface area contributed by atoms with Gasteiger partial charge in [0, 0.05) is 25.5 Å². The first-order valence-electron chi connectivity index (χ1n) is 7.55. The lowest BCUT2D eigenvalue weighted by Crippen LogP contribution is -2.22. The van der Waals surface area contributed by atoms with Gasteiger partial charge in [0.2, 0.25) is 0 Å². The predicted molar refractivity (Wildman–Crippen MR) is 90.5 cm³/mol. The zero-order valence-corrected chi connectivity index (χ0v) is 13.8. The third kappa shape index (κ3) is 7.51. The van der Waals surface area contributed by atoms with Gasteiger partial charge in [-0.05, 0) is 36.7 Å². The molecule has 2 aromatic rings. The summed E-state index contributed by atoms with van der Waals surface area (Å²) in [7, 11) is 0. The van der Waals surface area contributed by atoms with E-state index in [1.54, 1.807) is 0 Å². The molecule has 0 spiro atoms. The van der Waals surface area contributed by atoms with Crippen LogP contribution in [0, 0.1) is 6.92 Å². The van der Waals surface area contributed by atoms with E-state index in [-0.39, 0.29) is 0 Å². The van der Waals surface area contributed by atoms with Crippen LogP contribution in [0.2, 0.25) is 0 Å². The van der Waals surface area contributed by atoms with Gasteiger partial charge >= 0.3 is 11.9 Å². The van der Waals surface area contributed by atoms with Gasteiger partial charge < -0.3 is 10.2 Å². The average Bonchev–Trinajstić information content (AvgIpc) is 2.57. The lowest BCUT2D eigenvalue weighted by molar-refractivity contribution is -0.159. The Hall–Kier alpha value is -2.73. The average molecular weight is 330 g/mol. The molecule has 6 nitrogen and oxygen atoms in total. The van der Waals surface area contributed by atoms with E-state index in [0.29, 0.717) is 0 Å². The molecule has 0 atom stereocenters. The zero-order valence-electron chi connectivity index (χ0n) is 13.8. The standard InChI is InChI=1S/C16H20N2.C2H2O4/c1-3-18(13-16-8-10-17-11-9-16)12-15-6-4-14(2)5-7-15;3-1(4)2(5)6/h4-11H,3,12-13H2,1-2H3;(H,3,4)(H,5,6). The van der Waals surface area contributed by atoms with E-state index in [9.17, 15) is 0 Å². The summed E-state index contributed by atoms with van der Waals surface area (Å²) in [6.07, 6.45) is 3.71. The molecule has 2 rings (SSSR count). The molecule has 24 heavy (non-hydrogen) atoms. The molecule has 1 aromatic carbocycles. The predicted octanol–water partition coefficient (Wildman–Crippen LogP) is 2.57. The molecule has 0 aliphatic heterocycles. The van der Waals surface area contributed by atoms with Gasteiger partial charge in [0.05, 0.1) is 0 Å². The molecule has 128 valence electrons. The summed E-state index contributed by atoms with van der Waals surface area (Å²) in [4.78, 5) is 24.7. The van der Waals surface area contributed by atoms with E-state index in [2.05, 4.69) is 60.1 Å². The van der Waals surface area contributed by atoms with Crippen LogP contribution in [0.3, 0.4) is 0 Å². The minimum Gasteiger partial charge on any atom is -0.473 e. The molecule has 0 unspecified atom stereocenters. The first-order chi connectivity index (χ1) is 11.4. The molecule has 0 bridgehead atoms. The Morgan fingerprint density at radius 3 is 1.79 bits per heavy atom. The second kappa shape index (κ2) is 10.1. The minimum absolute atomic E-state index is 0.979. The highest BCUT2D eigenvalue weighted by atomic mass is 16.4. The minimum atomic E-state index is -1.82. The first-order valence-corrected chi connectivity index (χ1v) is 7.55. The van der Waals surface area contributed by atoms with E-state index in [4.69, 9.17) is 19.8 Å². The number of aliphatic carboxylic acids is 2. The summed E-state index contributed by atoms with van der Waals surface area (Å²) in [6.45, 7) is 7.36. The van der Waals surface area contributed by atoms with Gasteiger partial charge in [-0.1, -0.05) is 36.8 Å². The summed E-state index contributed by atoms with van der Waals surface area (Å²) >= 11 is 0. The van der Waals surface area contributed by atoms with E-state index in [1.165, 1.54) is 16.7 Å². The van der Waals surface area contributed by atoms with Gasteiger partial charge in [-0.15, -0.1) is 0 Å². The molecule has 0 saturated heterocycles. The Morgan fingerprint density at radius 1 is 0.917 bits per heavy atom. The van der Waals surface area contributed by atoms with Crippen LogP contribution < -0.4 is 0 Å². The van der Waals surface area contributed by atoms with Crippen LogP contribution in [-0.2, 0) is 22.7 Å². The quantitative estimate of drug-likeness (QED) is 0.819. The highest BCUT2D eigenvalue weighted by Gasteiger charge is 2.05. The second-order valence-corrected chi connectivity index (χ2v) is 5.25. The fourth-order valence-electron chi connectivity index (χ4n) is 1.98. The maximum absolute atomic E-state index is 9.10. The lowest BCUT2D eigenvalue weighted by Gasteiger charge is -2.20. The van der Waals surface area contributed by atoms with E-state index < -0.39 is 11.9 Å². The highest BCUT2D eigenvalue weighted by Crippen LogP contribution is 2.10. The molecule has 0 fully saturated rings. The molecule has 0 saturated carbocycles. The molecule has 0 radical (unpaired) electrons. The Morgan fingerprint density at radius 2 is 1.38 bits per heavy atom. The fourth-order valence-corrected chi connectivity index (χ4v) is 1.98. The number of hydrogen-bond acceptors (Lipinski definition) is 4. The normalized spacial score (nSPS) is 9.96. The molecule has 0 aliphatic rings. The summed E-state index contributed by atoms with van der Waals surface area (Å²) < 4.78 is 0. The van der Waals surface area contributed by atoms with Crippen LogP contribution >= 0.6 is 0 Å². The van der Waals surface area contributed by atoms with Crippen LogP contribution in [0.1, 0.15) is 23.6 Å². The van der Waals surface area contributed by atoms with Gasteiger partial charge in [0.1, 0.15) is 0 Å². The molecule has 6 heteroatoms. The van der Waals surface area contributed by atoms with Crippen molar-refractivity contribution >= 4 is 11.9 Å². The van der Waals surface area contributed by atoms with Gasteiger partial charge in [-0.25, -0.2) is 9.59 Å². The summed E-state index contributed by atoms with van der Waals surface area (Å²) in [5.41, 5.74) is 4.01. The lowest BCUT2D eigenvalue weighted by atomic mass is 10.1. The number of carbonyl (C=O) groups is 2. The number of carboxylic acids is 2. The van der Waals surface area contributed by atoms with Crippen molar-refractivity contribution in [1.29, 1.82) is 0 Å². The van der Waals surface area contributed by atoms with Crippen molar-refractivity contribution in [3.63, 3.8) is 0 Å². The number of aromatic nitrogens is 1. The van der Waals surface area contributed by atoms with Gasteiger partial charge in [-0.2, -0.15) is 0 Å². The number of carboxylic acid groups (broad SMARTS) is 2. The van der Waals surface area contributed by atoms with Gasteiger partial charge in [-0.3, -0.25) is 9.88 Å². The van der Waals surface area contributed by atoms with E-state index in [0.717, 1.165) is 19.6 Å². The van der Waals surface area contributed by atoms with Gasteiger partial charge in [0.25, 0.3) is 0 Å². The maximum Gasteiger partial charge on any atom is 0.414 e. The number of hydrogen-bond donors (Lipinski definition) is 2. The van der Waals surface area contributed by atoms with Crippen molar-refractivity contribution in [2.75, 3.05) is 6.54 Å². The monoisotopic (exact) mass is 330 g/mol. The Labute approximate surface area is 141 Å². The summed E-state index contributed by atoms with van der Waals surface area (Å²) in [5.74, 6) is -3.65. The molecule has 0 amide bonds. The Balaban J connectivity index is 0.000000413. The fraction of sp³-hybridized carbons (Fsp3) is 0.278. The van der Waals surface area contributed by atoms with Crippen molar-refractivity contribution in [3.8, 4) is 0 Å². The third-order valence-corrected chi connectivity index (χ3v) is 3.31. The van der Waals surface area contributed by atoms with Crippen LogP contribution in [0.5, 0.6) is 0 Å². The SMILES string of the molecule is CCN(Cc1ccncc1)Cc1ccc(C)cc1.O=C(O)C(=O)O. The Bertz CT molecular complexity index is 630. The molecular weight excluding hydrogens is 308 g/mol. The molecular formula is C18H22N2O4. The number of pyridine rings is 1. The van der Waals surface area contributed by atoms with Crippen LogP contribution in [0.15, 0.2) is 48.8 Å². The third-order valence-electron chi connectivity index (χ3n) is 3.31. The van der Waals surface area contributed by atoms with Crippen LogP contribution in [0.25, 0.3) is 0 Å². The number of benzene rings is 1. The molecule has 1 aromatic heterocycles. The maximum atomic E-state index is 9.10. The molecule has 1 heterocycles. The van der Waals surface area contributed by atoms with Crippen LogP contribution in [-0.4, -0.2) is 38.6 Å². The van der Waals surface area contributed by atoms with Crippen molar-refractivity contribution in [1.82, 2.24) is 9.88 Å². The second-order valence-electron chi connectivity index (χ2n) is 5.25. The molecule has 0 aliphatic carbocycles. The largest absolute Gasteiger partial charge is 0.473 e. The van der Waals surface area contributed by atoms with Crippen molar-refractivity contribution in [2.45, 2.75) is 26.9 Å². The van der Waals surface area contributed by atoms with E-state index >= 15 is 0 Å². The first kappa shape index (κ1) is 19.3. The Kier molecular flexibility index (Phi) is 8.15. The smallest absolute Gasteiger partial charge is 0.414 e. The van der Waals surface area contributed by atoms with Crippen LogP contribution in [0.4, 0.5) is 0 Å². The van der Waals surface area contributed by atoms with Crippen molar-refractivity contribution in [3.05, 3.63) is 65.5 Å². The zero-order chi connectivity index (χ0) is 17.9. The number of aryl methyl sites for hydroxylation is 1. The van der Waals surface area contributed by atoms with E-state index in [1.807, 2.05) is 12.4 Å². The summed E-state index contributed by atoms with van der Waals surface area (Å²) in [5, 5.41) is 14.8. The van der Waals surface area contributed by atoms with Crippen molar-refractivity contribution < 1.29 is 19.8 Å².